The predicted octanol–water partition coefficient (Wildman–Crippen LogP) is 3.12. The summed E-state index contributed by atoms with van der Waals surface area (Å²) in [6, 6.07) is 0. The Kier molecular flexibility index (Phi) is 6.68. The quantitative estimate of drug-likeness (QED) is 0.287. The monoisotopic (exact) mass is 222 g/mol. The molecule has 3 nitrogen and oxygen atoms in total. The van der Waals surface area contributed by atoms with E-state index in [0.29, 0.717) is 23.9 Å². The van der Waals surface area contributed by atoms with Crippen molar-refractivity contribution < 1.29 is 14.3 Å². The van der Waals surface area contributed by atoms with E-state index in [1.807, 2.05) is 0 Å². The maximum absolute atomic E-state index is 10.8. The van der Waals surface area contributed by atoms with Gasteiger partial charge in [-0.1, -0.05) is 19.2 Å². The number of carbonyl (C=O) groups is 1. The van der Waals surface area contributed by atoms with Crippen LogP contribution >= 0.6 is 0 Å². The van der Waals surface area contributed by atoms with Crippen LogP contribution in [0.1, 0.15) is 20.8 Å². The fourth-order valence-corrected chi connectivity index (χ4v) is 1.01. The van der Waals surface area contributed by atoms with Crippen molar-refractivity contribution in [1.82, 2.24) is 0 Å². The summed E-state index contributed by atoms with van der Waals surface area (Å²) in [5.74, 6) is 1.55. The van der Waals surface area contributed by atoms with Gasteiger partial charge >= 0.3 is 0 Å². The topological polar surface area (TPSA) is 35.5 Å². The minimum Gasteiger partial charge on any atom is -0.494 e. The molecule has 0 fully saturated rings. The lowest BCUT2D eigenvalue weighted by Gasteiger charge is -2.07. The largest absolute Gasteiger partial charge is 0.494 e. The third kappa shape index (κ3) is 7.62. The van der Waals surface area contributed by atoms with Gasteiger partial charge < -0.3 is 9.47 Å². The van der Waals surface area contributed by atoms with E-state index >= 15 is 0 Å². The SMILES string of the molecule is C=CCO/C(C)=C/C(=C)O/C(C)=C/C(C)=O. The smallest absolute Gasteiger partial charge is 0.155 e. The lowest BCUT2D eigenvalue weighted by molar-refractivity contribution is -0.112. The number of rotatable bonds is 7. The van der Waals surface area contributed by atoms with E-state index in [1.165, 1.54) is 13.0 Å². The van der Waals surface area contributed by atoms with Crippen LogP contribution in [0.25, 0.3) is 0 Å². The Hall–Kier alpha value is -1.77. The van der Waals surface area contributed by atoms with Crippen LogP contribution in [0.3, 0.4) is 0 Å². The van der Waals surface area contributed by atoms with Gasteiger partial charge in [0.1, 0.15) is 18.1 Å². The van der Waals surface area contributed by atoms with Gasteiger partial charge in [-0.25, -0.2) is 0 Å². The van der Waals surface area contributed by atoms with Gasteiger partial charge in [0.25, 0.3) is 0 Å². The standard InChI is InChI=1S/C13H18O3/c1-6-7-15-11(3)9-13(5)16-12(4)8-10(2)14/h6,8-9H,1,5,7H2,2-4H3/b11-9+,12-8+. The summed E-state index contributed by atoms with van der Waals surface area (Å²) < 4.78 is 10.5. The first-order chi connectivity index (χ1) is 7.45. The molecular weight excluding hydrogens is 204 g/mol. The Balaban J connectivity index is 4.26. The highest BCUT2D eigenvalue weighted by Gasteiger charge is 1.97. The highest BCUT2D eigenvalue weighted by Crippen LogP contribution is 2.08. The second kappa shape index (κ2) is 7.51. The lowest BCUT2D eigenvalue weighted by Crippen LogP contribution is -1.93. The van der Waals surface area contributed by atoms with Gasteiger partial charge in [0.15, 0.2) is 5.78 Å². The van der Waals surface area contributed by atoms with Crippen molar-refractivity contribution in [3.05, 3.63) is 48.7 Å². The molecule has 0 atom stereocenters. The second-order valence-corrected chi connectivity index (χ2v) is 3.29. The molecular formula is C13H18O3. The zero-order valence-corrected chi connectivity index (χ0v) is 10.1. The van der Waals surface area contributed by atoms with Crippen LogP contribution in [0.15, 0.2) is 48.7 Å². The van der Waals surface area contributed by atoms with Crippen LogP contribution in [0, 0.1) is 0 Å². The Bertz CT molecular complexity index is 335. The molecule has 0 aliphatic rings. The van der Waals surface area contributed by atoms with Gasteiger partial charge in [-0.2, -0.15) is 0 Å². The second-order valence-electron chi connectivity index (χ2n) is 3.29. The number of hydrogen-bond acceptors (Lipinski definition) is 3. The number of hydrogen-bond donors (Lipinski definition) is 0. The summed E-state index contributed by atoms with van der Waals surface area (Å²) in [5.41, 5.74) is 0. The normalized spacial score (nSPS) is 11.9. The summed E-state index contributed by atoms with van der Waals surface area (Å²) in [6.45, 7) is 12.6. The average Bonchev–Trinajstić information content (AvgIpc) is 2.12. The number of ether oxygens (including phenoxy) is 2. The van der Waals surface area contributed by atoms with E-state index in [9.17, 15) is 4.79 Å². The zero-order valence-electron chi connectivity index (χ0n) is 10.1. The molecule has 0 aliphatic carbocycles. The summed E-state index contributed by atoms with van der Waals surface area (Å²) in [6.07, 6.45) is 4.71. The van der Waals surface area contributed by atoms with Crippen LogP contribution in [0.2, 0.25) is 0 Å². The highest BCUT2D eigenvalue weighted by molar-refractivity contribution is 5.87. The Labute approximate surface area is 96.7 Å². The van der Waals surface area contributed by atoms with Crippen molar-refractivity contribution in [2.24, 2.45) is 0 Å². The fraction of sp³-hybridized carbons (Fsp3) is 0.308. The summed E-state index contributed by atoms with van der Waals surface area (Å²) >= 11 is 0. The molecule has 0 saturated carbocycles. The fourth-order valence-electron chi connectivity index (χ4n) is 1.01. The molecule has 0 aromatic rings. The molecule has 0 saturated heterocycles. The highest BCUT2D eigenvalue weighted by atomic mass is 16.5. The van der Waals surface area contributed by atoms with Crippen molar-refractivity contribution in [1.29, 1.82) is 0 Å². The third-order valence-corrected chi connectivity index (χ3v) is 1.49. The van der Waals surface area contributed by atoms with E-state index in [-0.39, 0.29) is 5.78 Å². The third-order valence-electron chi connectivity index (χ3n) is 1.49. The Morgan fingerprint density at radius 2 is 1.81 bits per heavy atom. The summed E-state index contributed by atoms with van der Waals surface area (Å²) in [4.78, 5) is 10.8. The first kappa shape index (κ1) is 14.2. The minimum atomic E-state index is -0.0612. The molecule has 0 radical (unpaired) electrons. The van der Waals surface area contributed by atoms with Gasteiger partial charge in [-0.3, -0.25) is 4.79 Å². The zero-order chi connectivity index (χ0) is 12.6. The number of ketones is 1. The molecule has 0 unspecified atom stereocenters. The first-order valence-electron chi connectivity index (χ1n) is 4.93. The maximum atomic E-state index is 10.8. The molecule has 0 rings (SSSR count). The molecule has 3 heteroatoms. The van der Waals surface area contributed by atoms with E-state index in [4.69, 9.17) is 9.47 Å². The van der Waals surface area contributed by atoms with E-state index in [0.717, 1.165) is 0 Å². The van der Waals surface area contributed by atoms with Crippen molar-refractivity contribution in [3.8, 4) is 0 Å². The molecule has 0 aromatic heterocycles. The molecule has 88 valence electrons. The van der Waals surface area contributed by atoms with Crippen molar-refractivity contribution in [3.63, 3.8) is 0 Å². The summed E-state index contributed by atoms with van der Waals surface area (Å²) in [7, 11) is 0. The molecule has 0 N–H and O–H groups in total. The Morgan fingerprint density at radius 3 is 2.31 bits per heavy atom. The number of allylic oxidation sites excluding steroid dienone is 4. The molecule has 0 bridgehead atoms. The van der Waals surface area contributed by atoms with Crippen LogP contribution in [-0.4, -0.2) is 12.4 Å². The molecule has 16 heavy (non-hydrogen) atoms. The van der Waals surface area contributed by atoms with Crippen LogP contribution < -0.4 is 0 Å². The van der Waals surface area contributed by atoms with E-state index in [2.05, 4.69) is 13.2 Å². The molecule has 0 aliphatic heterocycles. The average molecular weight is 222 g/mol. The molecule has 0 aromatic carbocycles. The van der Waals surface area contributed by atoms with Gasteiger partial charge in [0.2, 0.25) is 0 Å². The predicted molar refractivity (Wildman–Crippen MR) is 64.6 cm³/mol. The maximum Gasteiger partial charge on any atom is 0.155 e. The summed E-state index contributed by atoms with van der Waals surface area (Å²) in [5, 5.41) is 0. The number of carbonyl (C=O) groups excluding carboxylic acids is 1. The molecule has 0 heterocycles. The van der Waals surface area contributed by atoms with Crippen LogP contribution in [0.4, 0.5) is 0 Å². The van der Waals surface area contributed by atoms with E-state index < -0.39 is 0 Å². The van der Waals surface area contributed by atoms with Crippen molar-refractivity contribution in [2.75, 3.05) is 6.61 Å². The minimum absolute atomic E-state index is 0.0612. The first-order valence-corrected chi connectivity index (χ1v) is 4.93. The van der Waals surface area contributed by atoms with Gasteiger partial charge in [0, 0.05) is 12.2 Å². The Morgan fingerprint density at radius 1 is 1.19 bits per heavy atom. The van der Waals surface area contributed by atoms with Crippen molar-refractivity contribution >= 4 is 5.78 Å². The van der Waals surface area contributed by atoms with Crippen molar-refractivity contribution in [2.45, 2.75) is 20.8 Å². The van der Waals surface area contributed by atoms with Crippen LogP contribution in [0.5, 0.6) is 0 Å². The van der Waals surface area contributed by atoms with Gasteiger partial charge in [-0.05, 0) is 20.8 Å². The lowest BCUT2D eigenvalue weighted by atomic mass is 10.3. The van der Waals surface area contributed by atoms with E-state index in [1.54, 1.807) is 26.0 Å². The molecule has 0 spiro atoms. The van der Waals surface area contributed by atoms with Gasteiger partial charge in [0.05, 0.1) is 5.76 Å². The van der Waals surface area contributed by atoms with Crippen LogP contribution in [-0.2, 0) is 14.3 Å². The van der Waals surface area contributed by atoms with Gasteiger partial charge in [-0.15, -0.1) is 0 Å². The molecule has 0 amide bonds.